The molecular weight excluding hydrogens is 555 g/mol. The quantitative estimate of drug-likeness (QED) is 0.152. The van der Waals surface area contributed by atoms with Gasteiger partial charge in [0.15, 0.2) is 11.5 Å². The molecule has 0 unspecified atom stereocenters. The van der Waals surface area contributed by atoms with Gasteiger partial charge in [0, 0.05) is 18.7 Å². The fourth-order valence-corrected chi connectivity index (χ4v) is 5.31. The molecule has 0 aliphatic heterocycles. The van der Waals surface area contributed by atoms with Crippen LogP contribution in [-0.4, -0.2) is 32.9 Å². The number of alkyl halides is 3. The summed E-state index contributed by atoms with van der Waals surface area (Å²) in [6, 6.07) is 15.5. The number of rotatable bonds is 13. The molecule has 0 fully saturated rings. The normalized spacial score (nSPS) is 11.9. The Kier molecular flexibility index (Phi) is 10.8. The highest BCUT2D eigenvalue weighted by Gasteiger charge is 2.32. The van der Waals surface area contributed by atoms with Gasteiger partial charge in [0.05, 0.1) is 12.7 Å². The molecule has 0 bridgehead atoms. The van der Waals surface area contributed by atoms with Gasteiger partial charge in [-0.25, -0.2) is 0 Å². The molecule has 0 aromatic heterocycles. The van der Waals surface area contributed by atoms with Crippen molar-refractivity contribution in [1.82, 2.24) is 4.90 Å². The first kappa shape index (κ1) is 32.0. The van der Waals surface area contributed by atoms with E-state index in [2.05, 4.69) is 6.92 Å². The standard InChI is InChI=1S/C31H36F3NO5S/c1-5-6-7-9-23-12-15-25(16-13-23)30(36)35(20-22(2)3)21-24-14-17-28(39-4)29(18-24)40-41(37,38)27-11-8-10-26(19-27)31(32,33)34/h8,10-19,22H,5-7,9,20-21H2,1-4H3. The molecule has 41 heavy (non-hydrogen) atoms. The second-order valence-electron chi connectivity index (χ2n) is 10.3. The Hall–Kier alpha value is -3.53. The Morgan fingerprint density at radius 2 is 1.61 bits per heavy atom. The van der Waals surface area contributed by atoms with E-state index in [0.717, 1.165) is 43.9 Å². The van der Waals surface area contributed by atoms with Crippen molar-refractivity contribution in [2.45, 2.75) is 64.1 Å². The summed E-state index contributed by atoms with van der Waals surface area (Å²) in [6.07, 6.45) is -0.386. The van der Waals surface area contributed by atoms with Crippen LogP contribution >= 0.6 is 0 Å². The smallest absolute Gasteiger partial charge is 0.416 e. The summed E-state index contributed by atoms with van der Waals surface area (Å²) < 4.78 is 75.8. The SMILES string of the molecule is CCCCCc1ccc(C(=O)N(Cc2ccc(OC)c(OS(=O)(=O)c3cccc(C(F)(F)F)c3)c2)CC(C)C)cc1. The van der Waals surface area contributed by atoms with E-state index in [1.165, 1.54) is 24.8 Å². The molecule has 3 aromatic rings. The van der Waals surface area contributed by atoms with E-state index in [1.54, 1.807) is 11.0 Å². The highest BCUT2D eigenvalue weighted by Crippen LogP contribution is 2.34. The van der Waals surface area contributed by atoms with Gasteiger partial charge in [0.2, 0.25) is 0 Å². The van der Waals surface area contributed by atoms with Crippen LogP contribution in [0.5, 0.6) is 11.5 Å². The van der Waals surface area contributed by atoms with Crippen LogP contribution in [-0.2, 0) is 29.3 Å². The molecular formula is C31H36F3NO5S. The summed E-state index contributed by atoms with van der Waals surface area (Å²) >= 11 is 0. The minimum atomic E-state index is -4.72. The zero-order valence-corrected chi connectivity index (χ0v) is 24.5. The number of carbonyl (C=O) groups excluding carboxylic acids is 1. The van der Waals surface area contributed by atoms with Crippen molar-refractivity contribution >= 4 is 16.0 Å². The number of methoxy groups -OCH3 is 1. The molecule has 0 N–H and O–H groups in total. The molecule has 222 valence electrons. The molecule has 0 saturated carbocycles. The third-order valence-corrected chi connectivity index (χ3v) is 7.62. The largest absolute Gasteiger partial charge is 0.493 e. The molecule has 0 aliphatic rings. The molecule has 0 radical (unpaired) electrons. The van der Waals surface area contributed by atoms with Crippen LogP contribution in [0.4, 0.5) is 13.2 Å². The summed E-state index contributed by atoms with van der Waals surface area (Å²) in [6.45, 7) is 6.72. The van der Waals surface area contributed by atoms with Crippen molar-refractivity contribution in [3.05, 3.63) is 89.0 Å². The average Bonchev–Trinajstić information content (AvgIpc) is 2.92. The monoisotopic (exact) mass is 591 g/mol. The van der Waals surface area contributed by atoms with Crippen molar-refractivity contribution < 1.29 is 35.3 Å². The van der Waals surface area contributed by atoms with Crippen LogP contribution in [0.15, 0.2) is 71.6 Å². The fraction of sp³-hybridized carbons (Fsp3) is 0.387. The number of amides is 1. The Morgan fingerprint density at radius 1 is 0.927 bits per heavy atom. The molecule has 3 aromatic carbocycles. The van der Waals surface area contributed by atoms with E-state index in [1.807, 2.05) is 38.1 Å². The number of hydrogen-bond donors (Lipinski definition) is 0. The molecule has 1 amide bonds. The number of nitrogens with zero attached hydrogens (tertiary/aromatic N) is 1. The van der Waals surface area contributed by atoms with E-state index < -0.39 is 26.8 Å². The Balaban J connectivity index is 1.85. The van der Waals surface area contributed by atoms with Gasteiger partial charge >= 0.3 is 16.3 Å². The number of aryl methyl sites for hydroxylation is 1. The zero-order valence-electron chi connectivity index (χ0n) is 23.7. The first-order valence-electron chi connectivity index (χ1n) is 13.5. The minimum Gasteiger partial charge on any atom is -0.493 e. The van der Waals surface area contributed by atoms with Crippen LogP contribution in [0.2, 0.25) is 0 Å². The van der Waals surface area contributed by atoms with Crippen molar-refractivity contribution in [3.8, 4) is 11.5 Å². The van der Waals surface area contributed by atoms with Gasteiger partial charge in [0.25, 0.3) is 5.91 Å². The maximum absolute atomic E-state index is 13.5. The number of carbonyl (C=O) groups is 1. The zero-order chi connectivity index (χ0) is 30.2. The third-order valence-electron chi connectivity index (χ3n) is 6.39. The highest BCUT2D eigenvalue weighted by molar-refractivity contribution is 7.87. The topological polar surface area (TPSA) is 72.9 Å². The number of unbranched alkanes of at least 4 members (excludes halogenated alkanes) is 2. The fourth-order valence-electron chi connectivity index (χ4n) is 4.33. The van der Waals surface area contributed by atoms with Crippen molar-refractivity contribution in [2.75, 3.05) is 13.7 Å². The summed E-state index contributed by atoms with van der Waals surface area (Å²) in [4.78, 5) is 14.5. The van der Waals surface area contributed by atoms with Gasteiger partial charge in [0.1, 0.15) is 4.90 Å². The van der Waals surface area contributed by atoms with E-state index in [4.69, 9.17) is 8.92 Å². The molecule has 10 heteroatoms. The van der Waals surface area contributed by atoms with Crippen LogP contribution in [0, 0.1) is 5.92 Å². The second kappa shape index (κ2) is 13.9. The van der Waals surface area contributed by atoms with Gasteiger partial charge in [-0.05, 0) is 72.4 Å². The summed E-state index contributed by atoms with van der Waals surface area (Å²) in [5.41, 5.74) is 1.16. The minimum absolute atomic E-state index is 0.0738. The van der Waals surface area contributed by atoms with Crippen molar-refractivity contribution in [2.24, 2.45) is 5.92 Å². The third kappa shape index (κ3) is 8.98. The lowest BCUT2D eigenvalue weighted by Crippen LogP contribution is -2.33. The predicted molar refractivity (Wildman–Crippen MR) is 152 cm³/mol. The first-order chi connectivity index (χ1) is 19.3. The summed E-state index contributed by atoms with van der Waals surface area (Å²) in [7, 11) is -3.31. The molecule has 0 aliphatic carbocycles. The molecule has 0 saturated heterocycles. The molecule has 0 spiro atoms. The lowest BCUT2D eigenvalue weighted by Gasteiger charge is -2.25. The van der Waals surface area contributed by atoms with Gasteiger partial charge in [-0.15, -0.1) is 0 Å². The van der Waals surface area contributed by atoms with Gasteiger partial charge in [-0.3, -0.25) is 4.79 Å². The molecule has 3 rings (SSSR count). The van der Waals surface area contributed by atoms with E-state index in [0.29, 0.717) is 23.7 Å². The van der Waals surface area contributed by atoms with E-state index >= 15 is 0 Å². The number of benzene rings is 3. The number of halogens is 3. The van der Waals surface area contributed by atoms with Crippen LogP contribution in [0.3, 0.4) is 0 Å². The van der Waals surface area contributed by atoms with Gasteiger partial charge < -0.3 is 13.8 Å². The number of ether oxygens (including phenoxy) is 1. The lowest BCUT2D eigenvalue weighted by atomic mass is 10.0. The maximum Gasteiger partial charge on any atom is 0.416 e. The summed E-state index contributed by atoms with van der Waals surface area (Å²) in [5.74, 6) is -0.142. The van der Waals surface area contributed by atoms with Crippen LogP contribution in [0.25, 0.3) is 0 Å². The van der Waals surface area contributed by atoms with Crippen LogP contribution in [0.1, 0.15) is 67.1 Å². The van der Waals surface area contributed by atoms with Crippen molar-refractivity contribution in [3.63, 3.8) is 0 Å². The predicted octanol–water partition coefficient (Wildman–Crippen LogP) is 7.51. The Labute approximate surface area is 240 Å². The lowest BCUT2D eigenvalue weighted by molar-refractivity contribution is -0.137. The van der Waals surface area contributed by atoms with Gasteiger partial charge in [-0.2, -0.15) is 21.6 Å². The molecule has 0 atom stereocenters. The number of hydrogen-bond acceptors (Lipinski definition) is 5. The molecule has 6 nitrogen and oxygen atoms in total. The first-order valence-corrected chi connectivity index (χ1v) is 14.9. The second-order valence-corrected chi connectivity index (χ2v) is 11.8. The molecule has 0 heterocycles. The Morgan fingerprint density at radius 3 is 2.22 bits per heavy atom. The average molecular weight is 592 g/mol. The highest BCUT2D eigenvalue weighted by atomic mass is 32.2. The van der Waals surface area contributed by atoms with E-state index in [-0.39, 0.29) is 29.9 Å². The van der Waals surface area contributed by atoms with Crippen molar-refractivity contribution in [1.29, 1.82) is 0 Å². The maximum atomic E-state index is 13.5. The summed E-state index contributed by atoms with van der Waals surface area (Å²) in [5, 5.41) is 0. The van der Waals surface area contributed by atoms with E-state index in [9.17, 15) is 26.4 Å². The Bertz CT molecular complexity index is 1420. The van der Waals surface area contributed by atoms with Gasteiger partial charge in [-0.1, -0.05) is 57.9 Å². The van der Waals surface area contributed by atoms with Crippen LogP contribution < -0.4 is 8.92 Å².